The molecule has 0 radical (unpaired) electrons. The summed E-state index contributed by atoms with van der Waals surface area (Å²) in [5, 5.41) is 0. The quantitative estimate of drug-likeness (QED) is 0.773. The fraction of sp³-hybridized carbons (Fsp3) is 0.133. The molecule has 0 unspecified atom stereocenters. The molecule has 0 atom stereocenters. The number of oxazole rings is 1. The number of nitrogens with zero attached hydrogens (tertiary/aromatic N) is 1. The fourth-order valence-corrected chi connectivity index (χ4v) is 2.25. The molecular formula is C15H12N2O3. The van der Waals surface area contributed by atoms with Crippen LogP contribution in [0.25, 0.3) is 22.6 Å². The first-order valence-electron chi connectivity index (χ1n) is 6.33. The summed E-state index contributed by atoms with van der Waals surface area (Å²) in [4.78, 5) is 4.48. The maximum Gasteiger partial charge on any atom is 0.231 e. The van der Waals surface area contributed by atoms with E-state index in [-0.39, 0.29) is 6.79 Å². The van der Waals surface area contributed by atoms with Crippen LogP contribution in [0.1, 0.15) is 5.56 Å². The first-order chi connectivity index (χ1) is 9.83. The van der Waals surface area contributed by atoms with E-state index in [9.17, 15) is 0 Å². The number of ether oxygens (including phenoxy) is 2. The zero-order valence-corrected chi connectivity index (χ0v) is 10.6. The smallest absolute Gasteiger partial charge is 0.231 e. The van der Waals surface area contributed by atoms with Crippen molar-refractivity contribution in [2.75, 3.05) is 6.79 Å². The Morgan fingerprint density at radius 3 is 2.85 bits per heavy atom. The third-order valence-corrected chi connectivity index (χ3v) is 3.31. The van der Waals surface area contributed by atoms with E-state index < -0.39 is 0 Å². The first-order valence-corrected chi connectivity index (χ1v) is 6.33. The zero-order chi connectivity index (χ0) is 13.5. The highest BCUT2D eigenvalue weighted by atomic mass is 16.7. The highest BCUT2D eigenvalue weighted by Crippen LogP contribution is 2.36. The molecule has 0 spiro atoms. The van der Waals surface area contributed by atoms with Crippen molar-refractivity contribution in [3.63, 3.8) is 0 Å². The third-order valence-electron chi connectivity index (χ3n) is 3.31. The van der Waals surface area contributed by atoms with E-state index in [4.69, 9.17) is 19.6 Å². The van der Waals surface area contributed by atoms with Gasteiger partial charge in [0, 0.05) is 12.1 Å². The second-order valence-electron chi connectivity index (χ2n) is 4.59. The molecule has 0 fully saturated rings. The van der Waals surface area contributed by atoms with E-state index in [1.165, 1.54) is 0 Å². The summed E-state index contributed by atoms with van der Waals surface area (Å²) < 4.78 is 16.4. The molecule has 100 valence electrons. The predicted molar refractivity (Wildman–Crippen MR) is 73.5 cm³/mol. The van der Waals surface area contributed by atoms with Crippen molar-refractivity contribution < 1.29 is 13.9 Å². The lowest BCUT2D eigenvalue weighted by atomic mass is 10.2. The number of hydrogen-bond acceptors (Lipinski definition) is 5. The topological polar surface area (TPSA) is 70.5 Å². The Morgan fingerprint density at radius 1 is 1.05 bits per heavy atom. The molecule has 1 aromatic heterocycles. The molecule has 0 saturated heterocycles. The Labute approximate surface area is 114 Å². The number of benzene rings is 2. The Hall–Kier alpha value is -2.53. The number of fused-ring (bicyclic) bond motifs is 2. The summed E-state index contributed by atoms with van der Waals surface area (Å²) in [6.07, 6.45) is 0. The SMILES string of the molecule is NCc1ccc2nc(-c3ccc4c(c3)OCO4)oc2c1. The fourth-order valence-electron chi connectivity index (χ4n) is 2.25. The van der Waals surface area contributed by atoms with Gasteiger partial charge >= 0.3 is 0 Å². The average Bonchev–Trinajstić information content (AvgIpc) is 3.11. The minimum absolute atomic E-state index is 0.256. The first kappa shape index (κ1) is 11.3. The van der Waals surface area contributed by atoms with Crippen LogP contribution in [0, 0.1) is 0 Å². The second kappa shape index (κ2) is 4.25. The molecule has 2 aromatic carbocycles. The lowest BCUT2D eigenvalue weighted by Gasteiger charge is -1.98. The number of rotatable bonds is 2. The van der Waals surface area contributed by atoms with Crippen LogP contribution in [0.15, 0.2) is 40.8 Å². The molecule has 5 heteroatoms. The molecule has 0 bridgehead atoms. The minimum atomic E-state index is 0.256. The van der Waals surface area contributed by atoms with Crippen molar-refractivity contribution in [1.29, 1.82) is 0 Å². The van der Waals surface area contributed by atoms with Gasteiger partial charge < -0.3 is 19.6 Å². The molecule has 4 rings (SSSR count). The highest BCUT2D eigenvalue weighted by Gasteiger charge is 2.16. The largest absolute Gasteiger partial charge is 0.454 e. The van der Waals surface area contributed by atoms with Gasteiger partial charge in [0.05, 0.1) is 0 Å². The maximum absolute atomic E-state index is 5.79. The van der Waals surface area contributed by atoms with Crippen LogP contribution in [-0.2, 0) is 6.54 Å². The molecule has 0 aliphatic carbocycles. The molecule has 0 saturated carbocycles. The van der Waals surface area contributed by atoms with Gasteiger partial charge in [-0.3, -0.25) is 0 Å². The van der Waals surface area contributed by atoms with Gasteiger partial charge in [-0.1, -0.05) is 6.07 Å². The molecule has 0 amide bonds. The van der Waals surface area contributed by atoms with Crippen molar-refractivity contribution in [3.8, 4) is 23.0 Å². The van der Waals surface area contributed by atoms with Crippen molar-refractivity contribution >= 4 is 11.1 Å². The monoisotopic (exact) mass is 268 g/mol. The summed E-state index contributed by atoms with van der Waals surface area (Å²) in [5.74, 6) is 2.02. The van der Waals surface area contributed by atoms with Crippen LogP contribution in [0.4, 0.5) is 0 Å². The van der Waals surface area contributed by atoms with Crippen molar-refractivity contribution in [1.82, 2.24) is 4.98 Å². The van der Waals surface area contributed by atoms with Gasteiger partial charge in [0.15, 0.2) is 17.1 Å². The standard InChI is InChI=1S/C15H12N2O3/c16-7-9-1-3-11-13(5-9)20-15(17-11)10-2-4-12-14(6-10)19-8-18-12/h1-6H,7-8,16H2. The van der Waals surface area contributed by atoms with Crippen LogP contribution >= 0.6 is 0 Å². The van der Waals surface area contributed by atoms with Gasteiger partial charge in [0.2, 0.25) is 12.7 Å². The predicted octanol–water partition coefficient (Wildman–Crippen LogP) is 2.68. The summed E-state index contributed by atoms with van der Waals surface area (Å²) in [7, 11) is 0. The Bertz CT molecular complexity index is 795. The minimum Gasteiger partial charge on any atom is -0.454 e. The van der Waals surface area contributed by atoms with Gasteiger partial charge in [-0.2, -0.15) is 0 Å². The van der Waals surface area contributed by atoms with Gasteiger partial charge in [0.1, 0.15) is 5.52 Å². The van der Waals surface area contributed by atoms with Gasteiger partial charge in [-0.15, -0.1) is 0 Å². The molecular weight excluding hydrogens is 256 g/mol. The molecule has 3 aromatic rings. The van der Waals surface area contributed by atoms with Crippen LogP contribution in [0.3, 0.4) is 0 Å². The zero-order valence-electron chi connectivity index (χ0n) is 10.6. The van der Waals surface area contributed by atoms with E-state index in [2.05, 4.69) is 4.98 Å². The van der Waals surface area contributed by atoms with Crippen LogP contribution < -0.4 is 15.2 Å². The summed E-state index contributed by atoms with van der Waals surface area (Å²) >= 11 is 0. The Kier molecular flexibility index (Phi) is 2.40. The Morgan fingerprint density at radius 2 is 1.95 bits per heavy atom. The van der Waals surface area contributed by atoms with Gasteiger partial charge in [-0.05, 0) is 35.9 Å². The Balaban J connectivity index is 1.81. The van der Waals surface area contributed by atoms with E-state index in [1.54, 1.807) is 0 Å². The highest BCUT2D eigenvalue weighted by molar-refractivity contribution is 5.77. The summed E-state index contributed by atoms with van der Waals surface area (Å²) in [5.41, 5.74) is 9.06. The van der Waals surface area contributed by atoms with E-state index in [0.717, 1.165) is 28.0 Å². The second-order valence-corrected chi connectivity index (χ2v) is 4.59. The maximum atomic E-state index is 5.79. The lowest BCUT2D eigenvalue weighted by Crippen LogP contribution is -1.94. The van der Waals surface area contributed by atoms with E-state index >= 15 is 0 Å². The average molecular weight is 268 g/mol. The van der Waals surface area contributed by atoms with E-state index in [1.807, 2.05) is 36.4 Å². The van der Waals surface area contributed by atoms with Crippen LogP contribution in [0.2, 0.25) is 0 Å². The number of hydrogen-bond donors (Lipinski definition) is 1. The van der Waals surface area contributed by atoms with Crippen LogP contribution in [0.5, 0.6) is 11.5 Å². The molecule has 20 heavy (non-hydrogen) atoms. The van der Waals surface area contributed by atoms with Crippen LogP contribution in [-0.4, -0.2) is 11.8 Å². The molecule has 2 heterocycles. The number of aromatic nitrogens is 1. The third kappa shape index (κ3) is 1.71. The lowest BCUT2D eigenvalue weighted by molar-refractivity contribution is 0.174. The summed E-state index contributed by atoms with van der Waals surface area (Å²) in [6.45, 7) is 0.738. The van der Waals surface area contributed by atoms with Gasteiger partial charge in [0.25, 0.3) is 0 Å². The number of nitrogens with two attached hydrogens (primary N) is 1. The molecule has 5 nitrogen and oxygen atoms in total. The van der Waals surface area contributed by atoms with E-state index in [0.29, 0.717) is 18.2 Å². The molecule has 2 N–H and O–H groups in total. The summed E-state index contributed by atoms with van der Waals surface area (Å²) in [6, 6.07) is 11.4. The van der Waals surface area contributed by atoms with Crippen molar-refractivity contribution in [2.45, 2.75) is 6.54 Å². The van der Waals surface area contributed by atoms with Crippen molar-refractivity contribution in [3.05, 3.63) is 42.0 Å². The van der Waals surface area contributed by atoms with Gasteiger partial charge in [-0.25, -0.2) is 4.98 Å². The van der Waals surface area contributed by atoms with Crippen molar-refractivity contribution in [2.24, 2.45) is 5.73 Å². The molecule has 1 aliphatic heterocycles. The normalized spacial score (nSPS) is 13.1. The molecule has 1 aliphatic rings.